The normalized spacial score (nSPS) is 14.8. The molecule has 0 unspecified atom stereocenters. The number of carbonyl (C=O) groups is 1. The highest BCUT2D eigenvalue weighted by Gasteiger charge is 2.24. The molecule has 1 aliphatic rings. The van der Waals surface area contributed by atoms with Gasteiger partial charge in [-0.05, 0) is 48.9 Å². The van der Waals surface area contributed by atoms with Crippen LogP contribution in [0.3, 0.4) is 0 Å². The molecule has 0 saturated carbocycles. The number of rotatable bonds is 5. The molecule has 0 spiro atoms. The molecule has 7 heteroatoms. The third-order valence-corrected chi connectivity index (χ3v) is 6.44. The summed E-state index contributed by atoms with van der Waals surface area (Å²) in [5.41, 5.74) is 2.75. The first-order chi connectivity index (χ1) is 16.6. The number of halogens is 1. The number of nitrogens with one attached hydrogen (secondary N) is 1. The van der Waals surface area contributed by atoms with Gasteiger partial charge in [-0.3, -0.25) is 4.79 Å². The molecule has 6 nitrogen and oxygen atoms in total. The highest BCUT2D eigenvalue weighted by Crippen LogP contribution is 2.27. The molecule has 1 aromatic heterocycles. The quantitative estimate of drug-likeness (QED) is 0.421. The fraction of sp³-hybridized carbons (Fsp3) is 0.222. The van der Waals surface area contributed by atoms with Crippen molar-refractivity contribution < 1.29 is 4.79 Å². The van der Waals surface area contributed by atoms with Gasteiger partial charge in [0.15, 0.2) is 0 Å². The molecule has 0 radical (unpaired) electrons. The number of hydrogen-bond acceptors (Lipinski definition) is 5. The van der Waals surface area contributed by atoms with Gasteiger partial charge in [-0.25, -0.2) is 4.98 Å². The predicted molar refractivity (Wildman–Crippen MR) is 138 cm³/mol. The Hall–Kier alpha value is -3.64. The van der Waals surface area contributed by atoms with Crippen molar-refractivity contribution in [2.45, 2.75) is 13.0 Å². The van der Waals surface area contributed by atoms with Crippen molar-refractivity contribution in [2.75, 3.05) is 36.4 Å². The van der Waals surface area contributed by atoms with E-state index >= 15 is 0 Å². The topological polar surface area (TPSA) is 61.4 Å². The number of piperazine rings is 1. The van der Waals surface area contributed by atoms with E-state index in [4.69, 9.17) is 21.6 Å². The van der Waals surface area contributed by atoms with E-state index in [0.29, 0.717) is 42.7 Å². The van der Waals surface area contributed by atoms with E-state index in [1.807, 2.05) is 47.4 Å². The lowest BCUT2D eigenvalue weighted by molar-refractivity contribution is 0.0746. The van der Waals surface area contributed by atoms with Crippen LogP contribution in [0, 0.1) is 0 Å². The highest BCUT2D eigenvalue weighted by atomic mass is 35.5. The van der Waals surface area contributed by atoms with Crippen molar-refractivity contribution in [3.8, 4) is 0 Å². The Balaban J connectivity index is 1.35. The number of para-hydroxylation sites is 1. The van der Waals surface area contributed by atoms with E-state index in [-0.39, 0.29) is 11.9 Å². The first-order valence-corrected chi connectivity index (χ1v) is 11.8. The van der Waals surface area contributed by atoms with E-state index in [0.717, 1.165) is 16.7 Å². The summed E-state index contributed by atoms with van der Waals surface area (Å²) >= 11 is 5.96. The number of amides is 1. The van der Waals surface area contributed by atoms with Gasteiger partial charge in [-0.1, -0.05) is 54.1 Å². The largest absolute Gasteiger partial charge is 0.363 e. The van der Waals surface area contributed by atoms with Gasteiger partial charge in [0.05, 0.1) is 5.52 Å². The third kappa shape index (κ3) is 4.68. The van der Waals surface area contributed by atoms with Gasteiger partial charge in [0.1, 0.15) is 5.82 Å². The zero-order chi connectivity index (χ0) is 23.5. The first-order valence-electron chi connectivity index (χ1n) is 11.5. The summed E-state index contributed by atoms with van der Waals surface area (Å²) in [5, 5.41) is 5.20. The summed E-state index contributed by atoms with van der Waals surface area (Å²) in [7, 11) is 0. The highest BCUT2D eigenvalue weighted by molar-refractivity contribution is 6.30. The lowest BCUT2D eigenvalue weighted by Crippen LogP contribution is -2.49. The molecule has 1 amide bonds. The summed E-state index contributed by atoms with van der Waals surface area (Å²) in [6, 6.07) is 25.5. The Labute approximate surface area is 204 Å². The minimum Gasteiger partial charge on any atom is -0.363 e. The van der Waals surface area contributed by atoms with Crippen LogP contribution in [-0.2, 0) is 0 Å². The lowest BCUT2D eigenvalue weighted by Gasteiger charge is -2.35. The first kappa shape index (κ1) is 22.2. The van der Waals surface area contributed by atoms with Crippen LogP contribution in [0.2, 0.25) is 5.02 Å². The summed E-state index contributed by atoms with van der Waals surface area (Å²) in [4.78, 5) is 26.6. The average Bonchev–Trinajstić information content (AvgIpc) is 2.89. The number of anilines is 2. The number of carbonyl (C=O) groups excluding carboxylic acids is 1. The van der Waals surface area contributed by atoms with Crippen molar-refractivity contribution in [1.29, 1.82) is 0 Å². The van der Waals surface area contributed by atoms with Gasteiger partial charge in [-0.2, -0.15) is 4.98 Å². The second-order valence-electron chi connectivity index (χ2n) is 8.45. The monoisotopic (exact) mass is 471 g/mol. The standard InChI is InChI=1S/C27H26ClN5O/c1-19(20-7-3-2-4-8-20)29-25-23-9-5-6-10-24(23)30-27(31-25)33-17-15-32(16-18-33)26(34)21-11-13-22(28)14-12-21/h2-14,19H,15-18H2,1H3,(H,29,30,31)/t19-/m0/s1. The van der Waals surface area contributed by atoms with E-state index < -0.39 is 0 Å². The SMILES string of the molecule is C[C@H](Nc1nc(N2CCN(C(=O)c3ccc(Cl)cc3)CC2)nc2ccccc12)c1ccccc1. The molecule has 1 saturated heterocycles. The second-order valence-corrected chi connectivity index (χ2v) is 8.89. The van der Waals surface area contributed by atoms with Gasteiger partial charge in [0.25, 0.3) is 5.91 Å². The smallest absolute Gasteiger partial charge is 0.253 e. The molecule has 1 atom stereocenters. The van der Waals surface area contributed by atoms with Gasteiger partial charge >= 0.3 is 0 Å². The van der Waals surface area contributed by atoms with E-state index in [2.05, 4.69) is 29.3 Å². The minimum absolute atomic E-state index is 0.0230. The Bertz CT molecular complexity index is 1290. The van der Waals surface area contributed by atoms with Crippen molar-refractivity contribution in [2.24, 2.45) is 0 Å². The maximum absolute atomic E-state index is 12.9. The number of nitrogens with zero attached hydrogens (tertiary/aromatic N) is 4. The van der Waals surface area contributed by atoms with E-state index in [9.17, 15) is 4.79 Å². The molecular weight excluding hydrogens is 446 g/mol. The summed E-state index contributed by atoms with van der Waals surface area (Å²) in [6.45, 7) is 4.70. The molecule has 5 rings (SSSR count). The van der Waals surface area contributed by atoms with Crippen molar-refractivity contribution in [1.82, 2.24) is 14.9 Å². The third-order valence-electron chi connectivity index (χ3n) is 6.19. The number of benzene rings is 3. The van der Waals surface area contributed by atoms with Crippen molar-refractivity contribution in [3.05, 3.63) is 95.0 Å². The molecule has 1 fully saturated rings. The Morgan fingerprint density at radius 1 is 0.882 bits per heavy atom. The summed E-state index contributed by atoms with van der Waals surface area (Å²) < 4.78 is 0. The molecule has 0 bridgehead atoms. The van der Waals surface area contributed by atoms with Crippen molar-refractivity contribution in [3.63, 3.8) is 0 Å². The molecular formula is C27H26ClN5O. The molecule has 34 heavy (non-hydrogen) atoms. The summed E-state index contributed by atoms with van der Waals surface area (Å²) in [6.07, 6.45) is 0. The van der Waals surface area contributed by atoms with Crippen molar-refractivity contribution >= 4 is 40.2 Å². The van der Waals surface area contributed by atoms with Crippen LogP contribution in [-0.4, -0.2) is 47.0 Å². The summed E-state index contributed by atoms with van der Waals surface area (Å²) in [5.74, 6) is 1.52. The zero-order valence-electron chi connectivity index (χ0n) is 19.0. The maximum Gasteiger partial charge on any atom is 0.253 e. The van der Waals surface area contributed by atoms with Crippen LogP contribution in [0.5, 0.6) is 0 Å². The zero-order valence-corrected chi connectivity index (χ0v) is 19.7. The predicted octanol–water partition coefficient (Wildman–Crippen LogP) is 5.42. The van der Waals surface area contributed by atoms with Crippen LogP contribution in [0.15, 0.2) is 78.9 Å². The number of aromatic nitrogens is 2. The molecule has 172 valence electrons. The molecule has 3 aromatic carbocycles. The van der Waals surface area contributed by atoms with Gasteiger partial charge in [-0.15, -0.1) is 0 Å². The fourth-order valence-corrected chi connectivity index (χ4v) is 4.36. The molecule has 1 aliphatic heterocycles. The minimum atomic E-state index is 0.0230. The maximum atomic E-state index is 12.9. The van der Waals surface area contributed by atoms with E-state index in [1.54, 1.807) is 24.3 Å². The van der Waals surface area contributed by atoms with Crippen LogP contribution in [0.4, 0.5) is 11.8 Å². The van der Waals surface area contributed by atoms with Gasteiger partial charge in [0.2, 0.25) is 5.95 Å². The Kier molecular flexibility index (Phi) is 6.32. The Morgan fingerprint density at radius 3 is 2.29 bits per heavy atom. The number of fused-ring (bicyclic) bond motifs is 1. The molecule has 1 N–H and O–H groups in total. The average molecular weight is 472 g/mol. The lowest BCUT2D eigenvalue weighted by atomic mass is 10.1. The second kappa shape index (κ2) is 9.69. The fourth-order valence-electron chi connectivity index (χ4n) is 4.23. The molecule has 4 aromatic rings. The van der Waals surface area contributed by atoms with Gasteiger partial charge in [0, 0.05) is 48.2 Å². The van der Waals surface area contributed by atoms with Crippen LogP contribution in [0.1, 0.15) is 28.9 Å². The number of hydrogen-bond donors (Lipinski definition) is 1. The van der Waals surface area contributed by atoms with Gasteiger partial charge < -0.3 is 15.1 Å². The molecule has 2 heterocycles. The van der Waals surface area contributed by atoms with Crippen LogP contribution < -0.4 is 10.2 Å². The van der Waals surface area contributed by atoms with E-state index in [1.165, 1.54) is 5.56 Å². The van der Waals surface area contributed by atoms with Crippen LogP contribution in [0.25, 0.3) is 10.9 Å². The Morgan fingerprint density at radius 2 is 1.56 bits per heavy atom. The van der Waals surface area contributed by atoms with Crippen LogP contribution >= 0.6 is 11.6 Å². The molecule has 0 aliphatic carbocycles.